The first-order valence-corrected chi connectivity index (χ1v) is 3.45. The van der Waals surface area contributed by atoms with E-state index in [-0.39, 0.29) is 0 Å². The Hall–Kier alpha value is -2.04. The third-order valence-corrected chi connectivity index (χ3v) is 1.28. The number of nitrogen functional groups attached to an aromatic ring is 1. The van der Waals surface area contributed by atoms with Crippen LogP contribution in [0, 0.1) is 17.1 Å². The van der Waals surface area contributed by atoms with E-state index in [0.717, 1.165) is 6.07 Å². The molecule has 1 heterocycles. The van der Waals surface area contributed by atoms with E-state index in [1.807, 2.05) is 0 Å². The van der Waals surface area contributed by atoms with Crippen molar-refractivity contribution in [2.45, 2.75) is 6.36 Å². The second kappa shape index (κ2) is 3.61. The molecule has 8 heteroatoms. The molecule has 15 heavy (non-hydrogen) atoms. The Balaban J connectivity index is 3.20. The Kier molecular flexibility index (Phi) is 2.65. The van der Waals surface area contributed by atoms with Crippen LogP contribution in [0.3, 0.4) is 0 Å². The fourth-order valence-corrected chi connectivity index (χ4v) is 0.784. The molecule has 0 fully saturated rings. The Morgan fingerprint density at radius 3 is 2.53 bits per heavy atom. The molecule has 0 aliphatic rings. The van der Waals surface area contributed by atoms with E-state index in [0.29, 0.717) is 0 Å². The number of nitrogens with two attached hydrogens (primary N) is 1. The molecule has 1 aromatic rings. The summed E-state index contributed by atoms with van der Waals surface area (Å²) in [5.74, 6) is -3.30. The summed E-state index contributed by atoms with van der Waals surface area (Å²) in [6.45, 7) is 0. The Bertz CT molecular complexity index is 423. The molecule has 0 aromatic carbocycles. The van der Waals surface area contributed by atoms with Gasteiger partial charge in [0.1, 0.15) is 11.9 Å². The molecule has 0 unspecified atom stereocenters. The quantitative estimate of drug-likeness (QED) is 0.730. The lowest BCUT2D eigenvalue weighted by Gasteiger charge is -2.09. The van der Waals surface area contributed by atoms with Gasteiger partial charge in [-0.05, 0) is 0 Å². The van der Waals surface area contributed by atoms with Gasteiger partial charge in [-0.25, -0.2) is 0 Å². The van der Waals surface area contributed by atoms with Gasteiger partial charge in [0, 0.05) is 6.07 Å². The lowest BCUT2D eigenvalue weighted by atomic mass is 10.2. The highest BCUT2D eigenvalue weighted by molar-refractivity contribution is 5.44. The normalized spacial score (nSPS) is 10.9. The van der Waals surface area contributed by atoms with Crippen molar-refractivity contribution >= 4 is 5.82 Å². The average Bonchev–Trinajstić information content (AvgIpc) is 2.08. The minimum Gasteiger partial charge on any atom is -0.385 e. The summed E-state index contributed by atoms with van der Waals surface area (Å²) in [7, 11) is 0. The van der Waals surface area contributed by atoms with Gasteiger partial charge >= 0.3 is 6.36 Å². The average molecular weight is 221 g/mol. The van der Waals surface area contributed by atoms with E-state index in [2.05, 4.69) is 9.72 Å². The molecule has 4 nitrogen and oxygen atoms in total. The van der Waals surface area contributed by atoms with Crippen molar-refractivity contribution < 1.29 is 22.3 Å². The fraction of sp³-hybridized carbons (Fsp3) is 0.143. The van der Waals surface area contributed by atoms with Crippen LogP contribution in [-0.2, 0) is 0 Å². The number of alkyl halides is 3. The number of nitriles is 1. The van der Waals surface area contributed by atoms with Crippen LogP contribution < -0.4 is 10.5 Å². The van der Waals surface area contributed by atoms with Crippen LogP contribution in [0.25, 0.3) is 0 Å². The van der Waals surface area contributed by atoms with Gasteiger partial charge in [0.25, 0.3) is 5.88 Å². The summed E-state index contributed by atoms with van der Waals surface area (Å²) < 4.78 is 51.5. The van der Waals surface area contributed by atoms with Gasteiger partial charge in [-0.2, -0.15) is 14.6 Å². The molecule has 0 amide bonds. The van der Waals surface area contributed by atoms with Crippen LogP contribution in [0.4, 0.5) is 23.4 Å². The van der Waals surface area contributed by atoms with Gasteiger partial charge in [-0.1, -0.05) is 0 Å². The highest BCUT2D eigenvalue weighted by atomic mass is 19.4. The highest BCUT2D eigenvalue weighted by Gasteiger charge is 2.34. The number of nitrogens with zero attached hydrogens (tertiary/aromatic N) is 2. The zero-order valence-corrected chi connectivity index (χ0v) is 6.97. The number of rotatable bonds is 1. The van der Waals surface area contributed by atoms with Crippen LogP contribution >= 0.6 is 0 Å². The van der Waals surface area contributed by atoms with Crippen molar-refractivity contribution in [2.75, 3.05) is 5.73 Å². The second-order valence-electron chi connectivity index (χ2n) is 2.37. The lowest BCUT2D eigenvalue weighted by Crippen LogP contribution is -2.19. The lowest BCUT2D eigenvalue weighted by molar-refractivity contribution is -0.277. The molecule has 0 spiro atoms. The summed E-state index contributed by atoms with van der Waals surface area (Å²) in [5, 5.41) is 8.36. The molecular weight excluding hydrogens is 218 g/mol. The second-order valence-corrected chi connectivity index (χ2v) is 2.37. The van der Waals surface area contributed by atoms with Crippen molar-refractivity contribution in [3.63, 3.8) is 0 Å². The Morgan fingerprint density at radius 1 is 1.47 bits per heavy atom. The highest BCUT2D eigenvalue weighted by Crippen LogP contribution is 2.26. The van der Waals surface area contributed by atoms with Crippen molar-refractivity contribution in [1.29, 1.82) is 5.26 Å². The largest absolute Gasteiger partial charge is 0.574 e. The molecule has 1 rings (SSSR count). The van der Waals surface area contributed by atoms with Gasteiger partial charge in [-0.15, -0.1) is 13.2 Å². The molecule has 2 N–H and O–H groups in total. The molecule has 0 aliphatic heterocycles. The van der Waals surface area contributed by atoms with E-state index < -0.39 is 29.4 Å². The van der Waals surface area contributed by atoms with Crippen molar-refractivity contribution in [2.24, 2.45) is 0 Å². The number of hydrogen-bond donors (Lipinski definition) is 1. The first-order valence-electron chi connectivity index (χ1n) is 3.45. The first kappa shape index (κ1) is 11.0. The van der Waals surface area contributed by atoms with Crippen molar-refractivity contribution in [1.82, 2.24) is 4.98 Å². The molecule has 0 atom stereocenters. The molecule has 80 valence electrons. The van der Waals surface area contributed by atoms with Gasteiger partial charge in [0.15, 0.2) is 0 Å². The van der Waals surface area contributed by atoms with E-state index in [9.17, 15) is 17.6 Å². The molecule has 0 aliphatic carbocycles. The number of anilines is 1. The predicted octanol–water partition coefficient (Wildman–Crippen LogP) is 1.57. The fourth-order valence-electron chi connectivity index (χ4n) is 0.784. The summed E-state index contributed by atoms with van der Waals surface area (Å²) in [6, 6.07) is 2.12. The maximum Gasteiger partial charge on any atom is 0.574 e. The number of pyridine rings is 1. The Morgan fingerprint density at radius 2 is 2.07 bits per heavy atom. The van der Waals surface area contributed by atoms with Crippen LogP contribution in [-0.4, -0.2) is 11.3 Å². The maximum absolute atomic E-state index is 13.0. The zero-order valence-electron chi connectivity index (χ0n) is 6.97. The summed E-state index contributed by atoms with van der Waals surface area (Å²) in [4.78, 5) is 2.98. The van der Waals surface area contributed by atoms with E-state index in [4.69, 9.17) is 11.0 Å². The smallest absolute Gasteiger partial charge is 0.385 e. The van der Waals surface area contributed by atoms with Gasteiger partial charge in [0.2, 0.25) is 5.82 Å². The van der Waals surface area contributed by atoms with Crippen molar-refractivity contribution in [3.05, 3.63) is 17.4 Å². The summed E-state index contributed by atoms with van der Waals surface area (Å²) >= 11 is 0. The van der Waals surface area contributed by atoms with E-state index in [1.165, 1.54) is 6.07 Å². The third kappa shape index (κ3) is 2.70. The number of hydrogen-bond acceptors (Lipinski definition) is 4. The monoisotopic (exact) mass is 221 g/mol. The molecule has 0 bridgehead atoms. The molecule has 0 saturated heterocycles. The van der Waals surface area contributed by atoms with Gasteiger partial charge in [0.05, 0.1) is 5.56 Å². The van der Waals surface area contributed by atoms with Crippen LogP contribution in [0.2, 0.25) is 0 Å². The topological polar surface area (TPSA) is 71.9 Å². The van der Waals surface area contributed by atoms with Gasteiger partial charge in [-0.3, -0.25) is 0 Å². The molecule has 0 saturated carbocycles. The SMILES string of the molecule is N#Cc1cc(N)nc(OC(F)(F)F)c1F. The summed E-state index contributed by atoms with van der Waals surface area (Å²) in [5.41, 5.74) is 4.38. The number of halogens is 4. The van der Waals surface area contributed by atoms with Crippen LogP contribution in [0.5, 0.6) is 5.88 Å². The summed E-state index contributed by atoms with van der Waals surface area (Å²) in [6.07, 6.45) is -5.09. The first-order chi connectivity index (χ1) is 6.83. The standard InChI is InChI=1S/C7H3F4N3O/c8-5-3(2-12)1-4(13)14-6(5)15-7(9,10)11/h1H,(H2,13,14). The number of ether oxygens (including phenoxy) is 1. The minimum absolute atomic E-state index is 0.438. The van der Waals surface area contributed by atoms with Crippen LogP contribution in [0.15, 0.2) is 6.07 Å². The third-order valence-electron chi connectivity index (χ3n) is 1.28. The van der Waals surface area contributed by atoms with E-state index >= 15 is 0 Å². The molecular formula is C7H3F4N3O. The number of aromatic nitrogens is 1. The van der Waals surface area contributed by atoms with E-state index in [1.54, 1.807) is 0 Å². The Labute approximate surface area is 80.9 Å². The predicted molar refractivity (Wildman–Crippen MR) is 40.0 cm³/mol. The molecule has 1 aromatic heterocycles. The molecule has 0 radical (unpaired) electrons. The minimum atomic E-state index is -5.09. The van der Waals surface area contributed by atoms with Crippen LogP contribution in [0.1, 0.15) is 5.56 Å². The maximum atomic E-state index is 13.0. The zero-order chi connectivity index (χ0) is 11.6. The van der Waals surface area contributed by atoms with Gasteiger partial charge < -0.3 is 10.5 Å². The van der Waals surface area contributed by atoms with Crippen molar-refractivity contribution in [3.8, 4) is 11.9 Å².